The Balaban J connectivity index is 1.66. The Morgan fingerprint density at radius 3 is 2.66 bits per heavy atom. The molecule has 3 heterocycles. The monoisotopic (exact) mass is 394 g/mol. The Labute approximate surface area is 175 Å². The Morgan fingerprint density at radius 2 is 1.76 bits per heavy atom. The number of nitrogens with zero attached hydrogens (tertiary/aromatic N) is 1. The van der Waals surface area contributed by atoms with Crippen LogP contribution in [0.3, 0.4) is 0 Å². The molecular formula is C26H21NOSi. The molecule has 0 amide bonds. The molecule has 3 aromatic carbocycles. The van der Waals surface area contributed by atoms with E-state index in [-0.39, 0.29) is 5.56 Å². The fourth-order valence-electron chi connectivity index (χ4n) is 4.94. The normalized spacial score (nSPS) is 16.3. The maximum absolute atomic E-state index is 7.76. The molecule has 0 bridgehead atoms. The molecule has 1 aliphatic heterocycles. The van der Waals surface area contributed by atoms with Crippen molar-refractivity contribution in [1.29, 1.82) is 0 Å². The zero-order valence-corrected chi connectivity index (χ0v) is 17.3. The molecule has 0 saturated carbocycles. The summed E-state index contributed by atoms with van der Waals surface area (Å²) in [5.74, 6) is 0. The van der Waals surface area contributed by atoms with Gasteiger partial charge in [-0.2, -0.15) is 0 Å². The Hall–Kier alpha value is -3.17. The van der Waals surface area contributed by atoms with Gasteiger partial charge in [0, 0.05) is 26.6 Å². The Morgan fingerprint density at radius 1 is 0.897 bits per heavy atom. The second kappa shape index (κ2) is 5.68. The van der Waals surface area contributed by atoms with Gasteiger partial charge in [-0.3, -0.25) is 4.98 Å². The zero-order valence-electron chi connectivity index (χ0n) is 19.3. The van der Waals surface area contributed by atoms with Gasteiger partial charge >= 0.3 is 0 Å². The van der Waals surface area contributed by atoms with E-state index < -0.39 is 14.9 Å². The third kappa shape index (κ3) is 2.19. The van der Waals surface area contributed by atoms with Crippen LogP contribution in [0.15, 0.2) is 77.3 Å². The third-order valence-corrected chi connectivity index (χ3v) is 9.77. The van der Waals surface area contributed by atoms with Gasteiger partial charge in [-0.15, -0.1) is 0 Å². The van der Waals surface area contributed by atoms with Gasteiger partial charge < -0.3 is 4.42 Å². The summed E-state index contributed by atoms with van der Waals surface area (Å²) in [6.45, 7) is 2.63. The minimum Gasteiger partial charge on any atom is -0.455 e. The first-order valence-electron chi connectivity index (χ1n) is 11.3. The van der Waals surface area contributed by atoms with E-state index in [0.717, 1.165) is 22.1 Å². The summed E-state index contributed by atoms with van der Waals surface area (Å²) in [6, 6.07) is 22.2. The minimum absolute atomic E-state index is 0.278. The van der Waals surface area contributed by atoms with Crippen molar-refractivity contribution in [3.63, 3.8) is 0 Å². The van der Waals surface area contributed by atoms with Crippen LogP contribution >= 0.6 is 0 Å². The van der Waals surface area contributed by atoms with Gasteiger partial charge in [-0.05, 0) is 58.2 Å². The average molecular weight is 395 g/mol. The first kappa shape index (κ1) is 13.9. The molecule has 5 aromatic rings. The summed E-state index contributed by atoms with van der Waals surface area (Å²) in [7, 11) is -1.91. The van der Waals surface area contributed by atoms with Crippen LogP contribution in [0.2, 0.25) is 13.1 Å². The molecule has 0 saturated heterocycles. The largest absolute Gasteiger partial charge is 0.455 e. The van der Waals surface area contributed by atoms with E-state index in [9.17, 15) is 0 Å². The van der Waals surface area contributed by atoms with E-state index in [1.165, 1.54) is 26.9 Å². The summed E-state index contributed by atoms with van der Waals surface area (Å²) in [4.78, 5) is 4.48. The standard InChI is InChI=1S/C26H21NOSi/c1-16-13-14-27-21(15-16)19-8-6-9-20-24-22(28-25(19)20)12-11-18-17-7-4-5-10-23(17)29(2,3)26(18)24/h4-15H,1-3H3/i1D3. The third-order valence-electron chi connectivity index (χ3n) is 6.21. The highest BCUT2D eigenvalue weighted by molar-refractivity contribution is 7.05. The van der Waals surface area contributed by atoms with Crippen LogP contribution in [0, 0.1) is 6.85 Å². The fourth-order valence-corrected chi connectivity index (χ4v) is 8.39. The molecule has 29 heavy (non-hydrogen) atoms. The number of fused-ring (bicyclic) bond motifs is 7. The second-order valence-corrected chi connectivity index (χ2v) is 12.5. The van der Waals surface area contributed by atoms with E-state index in [4.69, 9.17) is 8.53 Å². The SMILES string of the molecule is [2H]C([2H])([2H])c1ccnc(-c2cccc3c2oc2ccc4c(c23)[Si](C)(C)c2ccccc2-4)c1. The number of aryl methyl sites for hydroxylation is 1. The number of hydrogen-bond donors (Lipinski definition) is 0. The quantitative estimate of drug-likeness (QED) is 0.338. The molecule has 0 unspecified atom stereocenters. The molecule has 6 rings (SSSR count). The van der Waals surface area contributed by atoms with E-state index >= 15 is 0 Å². The first-order valence-corrected chi connectivity index (χ1v) is 12.8. The number of rotatable bonds is 1. The molecule has 0 spiro atoms. The van der Waals surface area contributed by atoms with Gasteiger partial charge in [-0.25, -0.2) is 0 Å². The highest BCUT2D eigenvalue weighted by Crippen LogP contribution is 2.39. The summed E-state index contributed by atoms with van der Waals surface area (Å²) >= 11 is 0. The minimum atomic E-state index is -2.18. The summed E-state index contributed by atoms with van der Waals surface area (Å²) < 4.78 is 29.7. The maximum Gasteiger partial charge on any atom is 0.144 e. The van der Waals surface area contributed by atoms with Gasteiger partial charge in [0.1, 0.15) is 19.2 Å². The van der Waals surface area contributed by atoms with Crippen LogP contribution in [-0.4, -0.2) is 13.1 Å². The van der Waals surface area contributed by atoms with Crippen molar-refractivity contribution in [1.82, 2.24) is 4.98 Å². The molecule has 0 fully saturated rings. The van der Waals surface area contributed by atoms with Gasteiger partial charge in [0.2, 0.25) is 0 Å². The molecule has 1 aliphatic rings. The van der Waals surface area contributed by atoms with Crippen LogP contribution in [0.1, 0.15) is 9.68 Å². The number of pyridine rings is 1. The maximum atomic E-state index is 7.76. The average Bonchev–Trinajstić information content (AvgIpc) is 3.26. The van der Waals surface area contributed by atoms with E-state index in [2.05, 4.69) is 60.5 Å². The number of para-hydroxylation sites is 1. The zero-order chi connectivity index (χ0) is 22.3. The number of benzene rings is 3. The van der Waals surface area contributed by atoms with Crippen LogP contribution < -0.4 is 10.4 Å². The van der Waals surface area contributed by atoms with Crippen molar-refractivity contribution in [2.45, 2.75) is 19.9 Å². The second-order valence-electron chi connectivity index (χ2n) is 8.25. The number of aromatic nitrogens is 1. The van der Waals surface area contributed by atoms with Crippen LogP contribution in [0.5, 0.6) is 0 Å². The van der Waals surface area contributed by atoms with Crippen LogP contribution in [0.25, 0.3) is 44.3 Å². The molecule has 140 valence electrons. The molecule has 0 N–H and O–H groups in total. The van der Waals surface area contributed by atoms with Crippen LogP contribution in [0.4, 0.5) is 0 Å². The van der Waals surface area contributed by atoms with Crippen molar-refractivity contribution in [3.05, 3.63) is 78.5 Å². The highest BCUT2D eigenvalue weighted by atomic mass is 28.3. The first-order chi connectivity index (χ1) is 15.3. The van der Waals surface area contributed by atoms with E-state index in [1.54, 1.807) is 18.3 Å². The van der Waals surface area contributed by atoms with Gasteiger partial charge in [-0.1, -0.05) is 55.6 Å². The van der Waals surface area contributed by atoms with Crippen molar-refractivity contribution in [2.24, 2.45) is 0 Å². The van der Waals surface area contributed by atoms with E-state index in [1.807, 2.05) is 12.1 Å². The van der Waals surface area contributed by atoms with Crippen molar-refractivity contribution in [2.75, 3.05) is 0 Å². The lowest BCUT2D eigenvalue weighted by Gasteiger charge is -2.19. The predicted octanol–water partition coefficient (Wildman–Crippen LogP) is 5.76. The number of hydrogen-bond acceptors (Lipinski definition) is 2. The lowest BCUT2D eigenvalue weighted by atomic mass is 10.0. The predicted molar refractivity (Wildman–Crippen MR) is 124 cm³/mol. The number of furan rings is 1. The molecular weight excluding hydrogens is 370 g/mol. The Kier molecular flexibility index (Phi) is 2.72. The lowest BCUT2D eigenvalue weighted by molar-refractivity contribution is 0.670. The van der Waals surface area contributed by atoms with Gasteiger partial charge in [0.15, 0.2) is 0 Å². The molecule has 2 aromatic heterocycles. The van der Waals surface area contributed by atoms with Crippen molar-refractivity contribution < 1.29 is 8.53 Å². The summed E-state index contributed by atoms with van der Waals surface area (Å²) in [5.41, 5.74) is 5.96. The molecule has 0 aliphatic carbocycles. The summed E-state index contributed by atoms with van der Waals surface area (Å²) in [5, 5.41) is 5.11. The lowest BCUT2D eigenvalue weighted by Crippen LogP contribution is -2.49. The summed E-state index contributed by atoms with van der Waals surface area (Å²) in [6.07, 6.45) is 1.56. The smallest absolute Gasteiger partial charge is 0.144 e. The molecule has 0 radical (unpaired) electrons. The van der Waals surface area contributed by atoms with Gasteiger partial charge in [0.25, 0.3) is 0 Å². The topological polar surface area (TPSA) is 26.0 Å². The fraction of sp³-hybridized carbons (Fsp3) is 0.115. The molecule has 0 atom stereocenters. The highest BCUT2D eigenvalue weighted by Gasteiger charge is 2.39. The Bertz CT molecular complexity index is 1550. The van der Waals surface area contributed by atoms with E-state index in [0.29, 0.717) is 5.69 Å². The molecule has 2 nitrogen and oxygen atoms in total. The molecule has 3 heteroatoms. The van der Waals surface area contributed by atoms with Crippen molar-refractivity contribution in [3.8, 4) is 22.4 Å². The van der Waals surface area contributed by atoms with Gasteiger partial charge in [0.05, 0.1) is 5.69 Å². The van der Waals surface area contributed by atoms with Crippen molar-refractivity contribution >= 4 is 40.4 Å². The van der Waals surface area contributed by atoms with Crippen LogP contribution in [-0.2, 0) is 0 Å².